The van der Waals surface area contributed by atoms with E-state index >= 15 is 0 Å². The first-order chi connectivity index (χ1) is 13.1. The number of hydrogen-bond donors (Lipinski definition) is 2. The van der Waals surface area contributed by atoms with Crippen LogP contribution in [0.3, 0.4) is 0 Å². The zero-order chi connectivity index (χ0) is 18.8. The Morgan fingerprint density at radius 2 is 2.00 bits per heavy atom. The fourth-order valence-corrected chi connectivity index (χ4v) is 5.22. The minimum absolute atomic E-state index is 0. The van der Waals surface area contributed by atoms with Gasteiger partial charge in [-0.3, -0.25) is 4.79 Å². The number of rotatable bonds is 5. The van der Waals surface area contributed by atoms with Crippen molar-refractivity contribution in [1.82, 2.24) is 10.3 Å². The number of nitrogens with zero attached hydrogens (tertiary/aromatic N) is 1. The number of hydrogen-bond acceptors (Lipinski definition) is 5. The monoisotopic (exact) mass is 457 g/mol. The van der Waals surface area contributed by atoms with Crippen molar-refractivity contribution in [2.45, 2.75) is 57.7 Å². The van der Waals surface area contributed by atoms with Gasteiger partial charge in [0.25, 0.3) is 5.91 Å². The molecule has 29 heavy (non-hydrogen) atoms. The highest BCUT2D eigenvalue weighted by atomic mass is 35.5. The van der Waals surface area contributed by atoms with Crippen LogP contribution in [0, 0.1) is 18.8 Å². The molecule has 2 saturated carbocycles. The molecule has 0 aliphatic heterocycles. The van der Waals surface area contributed by atoms with E-state index in [9.17, 15) is 4.79 Å². The highest BCUT2D eigenvalue weighted by molar-refractivity contribution is 7.09. The van der Waals surface area contributed by atoms with E-state index in [2.05, 4.69) is 10.3 Å². The SMILES string of the molecule is Cc1nc(COc2cccc(C(=O)NC3C4CCCC3CC(N)C4)c2)cs1.Cl.Cl. The Bertz CT molecular complexity index is 803. The van der Waals surface area contributed by atoms with Crippen molar-refractivity contribution in [3.8, 4) is 5.75 Å². The molecule has 8 heteroatoms. The maximum absolute atomic E-state index is 12.8. The number of halogens is 2. The van der Waals surface area contributed by atoms with Crippen LogP contribution in [0.25, 0.3) is 0 Å². The summed E-state index contributed by atoms with van der Waals surface area (Å²) in [6.45, 7) is 2.40. The predicted molar refractivity (Wildman–Crippen MR) is 121 cm³/mol. The summed E-state index contributed by atoms with van der Waals surface area (Å²) >= 11 is 1.61. The number of carbonyl (C=O) groups is 1. The summed E-state index contributed by atoms with van der Waals surface area (Å²) in [6.07, 6.45) is 5.65. The van der Waals surface area contributed by atoms with E-state index in [1.807, 2.05) is 36.6 Å². The highest BCUT2D eigenvalue weighted by Gasteiger charge is 2.39. The molecule has 1 heterocycles. The minimum Gasteiger partial charge on any atom is -0.487 e. The lowest BCUT2D eigenvalue weighted by Gasteiger charge is -2.45. The van der Waals surface area contributed by atoms with E-state index in [4.69, 9.17) is 10.5 Å². The fourth-order valence-electron chi connectivity index (χ4n) is 4.62. The Hall–Kier alpha value is -1.34. The smallest absolute Gasteiger partial charge is 0.251 e. The van der Waals surface area contributed by atoms with Crippen molar-refractivity contribution < 1.29 is 9.53 Å². The average Bonchev–Trinajstić information content (AvgIpc) is 3.06. The first kappa shape index (κ1) is 23.9. The maximum Gasteiger partial charge on any atom is 0.251 e. The molecule has 3 N–H and O–H groups in total. The number of nitrogens with one attached hydrogen (secondary N) is 1. The lowest BCUT2D eigenvalue weighted by Crippen LogP contribution is -2.53. The summed E-state index contributed by atoms with van der Waals surface area (Å²) in [5.41, 5.74) is 7.76. The molecule has 2 aliphatic rings. The van der Waals surface area contributed by atoms with Crippen molar-refractivity contribution in [1.29, 1.82) is 0 Å². The third kappa shape index (κ3) is 5.85. The Labute approximate surface area is 188 Å². The molecule has 2 aromatic rings. The van der Waals surface area contributed by atoms with Crippen molar-refractivity contribution in [2.75, 3.05) is 0 Å². The van der Waals surface area contributed by atoms with Crippen LogP contribution in [-0.2, 0) is 6.61 Å². The molecule has 5 nitrogen and oxygen atoms in total. The molecule has 0 saturated heterocycles. The molecule has 0 radical (unpaired) electrons. The quantitative estimate of drug-likeness (QED) is 0.691. The van der Waals surface area contributed by atoms with Crippen LogP contribution in [0.15, 0.2) is 29.6 Å². The van der Waals surface area contributed by atoms with Crippen LogP contribution in [0.4, 0.5) is 0 Å². The number of aromatic nitrogens is 1. The van der Waals surface area contributed by atoms with Crippen molar-refractivity contribution in [2.24, 2.45) is 17.6 Å². The molecule has 2 bridgehead atoms. The van der Waals surface area contributed by atoms with Crippen LogP contribution in [0.2, 0.25) is 0 Å². The van der Waals surface area contributed by atoms with Crippen molar-refractivity contribution in [3.05, 3.63) is 45.9 Å². The Morgan fingerprint density at radius 1 is 1.28 bits per heavy atom. The van der Waals surface area contributed by atoms with E-state index in [1.165, 1.54) is 19.3 Å². The number of nitrogens with two attached hydrogens (primary N) is 1. The number of amides is 1. The first-order valence-corrected chi connectivity index (χ1v) is 10.7. The molecule has 1 amide bonds. The number of carbonyl (C=O) groups excluding carboxylic acids is 1. The highest BCUT2D eigenvalue weighted by Crippen LogP contribution is 2.39. The van der Waals surface area contributed by atoms with Gasteiger partial charge in [0.1, 0.15) is 12.4 Å². The van der Waals surface area contributed by atoms with Crippen LogP contribution < -0.4 is 15.8 Å². The van der Waals surface area contributed by atoms with Crippen LogP contribution in [0.1, 0.15) is 53.2 Å². The molecular weight excluding hydrogens is 429 g/mol. The second-order valence-corrected chi connectivity index (χ2v) is 8.92. The lowest BCUT2D eigenvalue weighted by molar-refractivity contribution is 0.0755. The van der Waals surface area contributed by atoms with Gasteiger partial charge in [0.05, 0.1) is 10.7 Å². The van der Waals surface area contributed by atoms with Gasteiger partial charge >= 0.3 is 0 Å². The van der Waals surface area contributed by atoms with Gasteiger partial charge in [0, 0.05) is 23.0 Å². The number of aryl methyl sites for hydroxylation is 1. The van der Waals surface area contributed by atoms with Crippen molar-refractivity contribution in [3.63, 3.8) is 0 Å². The summed E-state index contributed by atoms with van der Waals surface area (Å²) in [7, 11) is 0. The van der Waals surface area contributed by atoms with Gasteiger partial charge in [-0.25, -0.2) is 4.98 Å². The lowest BCUT2D eigenvalue weighted by atomic mass is 9.67. The Balaban J connectivity index is 0.00000150. The van der Waals surface area contributed by atoms with Crippen LogP contribution in [0.5, 0.6) is 5.75 Å². The van der Waals surface area contributed by atoms with Gasteiger partial charge in [0.15, 0.2) is 0 Å². The topological polar surface area (TPSA) is 77.2 Å². The predicted octanol–water partition coefficient (Wildman–Crippen LogP) is 4.51. The molecule has 1 aromatic heterocycles. The molecule has 1 aromatic carbocycles. The molecule has 4 rings (SSSR count). The molecule has 0 spiro atoms. The summed E-state index contributed by atoms with van der Waals surface area (Å²) in [5.74, 6) is 1.72. The zero-order valence-corrected chi connectivity index (χ0v) is 19.0. The second kappa shape index (κ2) is 10.6. The molecule has 160 valence electrons. The number of benzene rings is 1. The van der Waals surface area contributed by atoms with Gasteiger partial charge in [-0.05, 0) is 62.6 Å². The Morgan fingerprint density at radius 3 is 2.66 bits per heavy atom. The Kier molecular flexibility index (Phi) is 8.76. The van der Waals surface area contributed by atoms with Crippen molar-refractivity contribution >= 4 is 42.1 Å². The molecule has 2 unspecified atom stereocenters. The van der Waals surface area contributed by atoms with E-state index < -0.39 is 0 Å². The maximum atomic E-state index is 12.8. The van der Waals surface area contributed by atoms with E-state index in [0.29, 0.717) is 35.8 Å². The number of ether oxygens (including phenoxy) is 1. The van der Waals surface area contributed by atoms with Gasteiger partial charge in [-0.2, -0.15) is 0 Å². The summed E-state index contributed by atoms with van der Waals surface area (Å²) in [6, 6.07) is 7.96. The fraction of sp³-hybridized carbons (Fsp3) is 0.524. The van der Waals surface area contributed by atoms with E-state index in [1.54, 1.807) is 11.3 Å². The van der Waals surface area contributed by atoms with Gasteiger partial charge in [0.2, 0.25) is 0 Å². The normalized spacial score (nSPS) is 25.3. The first-order valence-electron chi connectivity index (χ1n) is 9.79. The molecule has 2 fully saturated rings. The summed E-state index contributed by atoms with van der Waals surface area (Å²) < 4.78 is 5.82. The summed E-state index contributed by atoms with van der Waals surface area (Å²) in [5, 5.41) is 6.33. The zero-order valence-electron chi connectivity index (χ0n) is 16.5. The second-order valence-electron chi connectivity index (χ2n) is 7.86. The average molecular weight is 458 g/mol. The van der Waals surface area contributed by atoms with Gasteiger partial charge in [-0.1, -0.05) is 12.5 Å². The van der Waals surface area contributed by atoms with E-state index in [-0.39, 0.29) is 36.8 Å². The third-order valence-corrected chi connectivity index (χ3v) is 6.65. The summed E-state index contributed by atoms with van der Waals surface area (Å²) in [4.78, 5) is 17.2. The molecule has 2 atom stereocenters. The van der Waals surface area contributed by atoms with Gasteiger partial charge < -0.3 is 15.8 Å². The van der Waals surface area contributed by atoms with Gasteiger partial charge in [-0.15, -0.1) is 36.2 Å². The molecular formula is C21H29Cl2N3O2S. The van der Waals surface area contributed by atoms with E-state index in [0.717, 1.165) is 23.5 Å². The largest absolute Gasteiger partial charge is 0.487 e. The van der Waals surface area contributed by atoms with Crippen LogP contribution in [-0.4, -0.2) is 23.0 Å². The minimum atomic E-state index is -0.0117. The number of thiazole rings is 1. The van der Waals surface area contributed by atoms with Crippen LogP contribution >= 0.6 is 36.2 Å². The third-order valence-electron chi connectivity index (χ3n) is 5.82. The number of fused-ring (bicyclic) bond motifs is 2. The molecule has 2 aliphatic carbocycles. The standard InChI is InChI=1S/C21H27N3O2S.2ClH/c1-13-23-18(12-27-13)11-26-19-7-3-6-16(10-19)21(25)24-20-14-4-2-5-15(20)9-17(22)8-14;;/h3,6-7,10,12,14-15,17,20H,2,4-5,8-9,11,22H2,1H3,(H,24,25);2*1H.